The molecule has 1 spiro atoms. The summed E-state index contributed by atoms with van der Waals surface area (Å²) in [6.45, 7) is 1.17. The second-order valence-corrected chi connectivity index (χ2v) is 7.96. The Balaban J connectivity index is 1.34. The molecule has 1 aliphatic heterocycles. The normalized spacial score (nSPS) is 22.5. The van der Waals surface area contributed by atoms with E-state index in [4.69, 9.17) is 9.47 Å². The minimum Gasteiger partial charge on any atom is -0.448 e. The fourth-order valence-corrected chi connectivity index (χ4v) is 5.05. The average molecular weight is 379 g/mol. The second-order valence-electron chi connectivity index (χ2n) is 7.96. The van der Waals surface area contributed by atoms with Crippen LogP contribution in [0.4, 0.5) is 4.79 Å². The van der Waals surface area contributed by atoms with Crippen molar-refractivity contribution >= 4 is 6.09 Å². The Morgan fingerprint density at radius 3 is 2.32 bits per heavy atom. The second kappa shape index (κ2) is 6.90. The number of carbonyl (C=O) groups excluding carboxylic acids is 1. The summed E-state index contributed by atoms with van der Waals surface area (Å²) in [7, 11) is 0. The fourth-order valence-electron chi connectivity index (χ4n) is 5.05. The Bertz CT molecular complexity index is 846. The average Bonchev–Trinajstić information content (AvgIpc) is 3.04. The van der Waals surface area contributed by atoms with Gasteiger partial charge in [0.2, 0.25) is 0 Å². The van der Waals surface area contributed by atoms with Crippen molar-refractivity contribution in [3.63, 3.8) is 0 Å². The quantitative estimate of drug-likeness (QED) is 0.886. The summed E-state index contributed by atoms with van der Waals surface area (Å²) in [5.41, 5.74) is 4.46. The number of amides is 1. The van der Waals surface area contributed by atoms with E-state index < -0.39 is 0 Å². The molecule has 0 bridgehead atoms. The number of aliphatic hydroxyl groups is 1. The van der Waals surface area contributed by atoms with E-state index in [1.165, 1.54) is 22.3 Å². The Morgan fingerprint density at radius 2 is 1.75 bits per heavy atom. The largest absolute Gasteiger partial charge is 0.448 e. The summed E-state index contributed by atoms with van der Waals surface area (Å²) >= 11 is 0. The van der Waals surface area contributed by atoms with E-state index >= 15 is 0 Å². The van der Waals surface area contributed by atoms with Crippen molar-refractivity contribution in [1.82, 2.24) is 4.90 Å². The van der Waals surface area contributed by atoms with Crippen LogP contribution in [0.25, 0.3) is 11.1 Å². The Labute approximate surface area is 164 Å². The zero-order chi connectivity index (χ0) is 19.1. The van der Waals surface area contributed by atoms with E-state index in [0.29, 0.717) is 19.8 Å². The monoisotopic (exact) mass is 379 g/mol. The number of nitrogens with zero attached hydrogens (tertiary/aromatic N) is 1. The Morgan fingerprint density at radius 1 is 1.11 bits per heavy atom. The first-order valence-electron chi connectivity index (χ1n) is 10.1. The molecule has 146 valence electrons. The van der Waals surface area contributed by atoms with E-state index in [1.54, 1.807) is 4.90 Å². The van der Waals surface area contributed by atoms with Crippen molar-refractivity contribution < 1.29 is 19.4 Å². The lowest BCUT2D eigenvalue weighted by Gasteiger charge is -2.53. The van der Waals surface area contributed by atoms with Crippen LogP contribution in [0.1, 0.15) is 36.3 Å². The van der Waals surface area contributed by atoms with Crippen molar-refractivity contribution in [2.75, 3.05) is 26.4 Å². The zero-order valence-electron chi connectivity index (χ0n) is 15.8. The van der Waals surface area contributed by atoms with Gasteiger partial charge in [-0.25, -0.2) is 4.79 Å². The molecule has 1 amide bonds. The van der Waals surface area contributed by atoms with Gasteiger partial charge in [0.25, 0.3) is 0 Å². The fraction of sp³-hybridized carbons (Fsp3) is 0.435. The molecule has 2 aliphatic carbocycles. The lowest BCUT2D eigenvalue weighted by Crippen LogP contribution is -2.65. The van der Waals surface area contributed by atoms with Gasteiger partial charge in [-0.15, -0.1) is 0 Å². The van der Waals surface area contributed by atoms with Crippen molar-refractivity contribution in [2.45, 2.75) is 36.8 Å². The van der Waals surface area contributed by atoms with E-state index in [9.17, 15) is 9.90 Å². The molecule has 1 saturated carbocycles. The first-order valence-corrected chi connectivity index (χ1v) is 10.1. The summed E-state index contributed by atoms with van der Waals surface area (Å²) in [6, 6.07) is 16.3. The molecule has 2 fully saturated rings. The number of rotatable bonds is 3. The van der Waals surface area contributed by atoms with E-state index in [1.807, 2.05) is 24.3 Å². The molecule has 5 heteroatoms. The van der Waals surface area contributed by atoms with Crippen molar-refractivity contribution in [3.05, 3.63) is 59.7 Å². The Kier molecular flexibility index (Phi) is 4.37. The predicted octanol–water partition coefficient (Wildman–Crippen LogP) is 3.55. The first kappa shape index (κ1) is 17.7. The molecule has 3 aliphatic rings. The minimum atomic E-state index is -0.376. The number of hydrogen-bond donors (Lipinski definition) is 1. The summed E-state index contributed by atoms with van der Waals surface area (Å²) in [5.74, 6) is 0.0441. The molecule has 1 unspecified atom stereocenters. The molecule has 5 nitrogen and oxygen atoms in total. The molecular weight excluding hydrogens is 354 g/mol. The third-order valence-corrected chi connectivity index (χ3v) is 6.65. The molecule has 1 N–H and O–H groups in total. The van der Waals surface area contributed by atoms with Crippen LogP contribution in [0, 0.1) is 0 Å². The molecule has 2 aromatic rings. The number of aliphatic hydroxyl groups excluding tert-OH is 1. The number of ether oxygens (including phenoxy) is 2. The van der Waals surface area contributed by atoms with Gasteiger partial charge in [0.05, 0.1) is 24.9 Å². The molecule has 28 heavy (non-hydrogen) atoms. The van der Waals surface area contributed by atoms with Gasteiger partial charge in [0, 0.05) is 12.5 Å². The van der Waals surface area contributed by atoms with Crippen LogP contribution in [0.5, 0.6) is 0 Å². The van der Waals surface area contributed by atoms with Gasteiger partial charge in [0.1, 0.15) is 6.61 Å². The predicted molar refractivity (Wildman–Crippen MR) is 105 cm³/mol. The highest BCUT2D eigenvalue weighted by Crippen LogP contribution is 2.45. The van der Waals surface area contributed by atoms with Gasteiger partial charge in [-0.2, -0.15) is 0 Å². The Hall–Kier alpha value is -2.37. The van der Waals surface area contributed by atoms with Crippen LogP contribution < -0.4 is 0 Å². The maximum Gasteiger partial charge on any atom is 0.410 e. The summed E-state index contributed by atoms with van der Waals surface area (Å²) in [6.07, 6.45) is 2.52. The molecule has 1 atom stereocenters. The summed E-state index contributed by atoms with van der Waals surface area (Å²) in [4.78, 5) is 14.6. The highest BCUT2D eigenvalue weighted by atomic mass is 16.6. The van der Waals surface area contributed by atoms with Gasteiger partial charge in [0.15, 0.2) is 0 Å². The summed E-state index contributed by atoms with van der Waals surface area (Å²) < 4.78 is 11.7. The van der Waals surface area contributed by atoms with Crippen LogP contribution in [0.3, 0.4) is 0 Å². The first-order chi connectivity index (χ1) is 13.7. The van der Waals surface area contributed by atoms with Crippen molar-refractivity contribution in [3.8, 4) is 11.1 Å². The number of carbonyl (C=O) groups is 1. The van der Waals surface area contributed by atoms with E-state index in [0.717, 1.165) is 19.3 Å². The lowest BCUT2D eigenvalue weighted by molar-refractivity contribution is -0.187. The maximum absolute atomic E-state index is 12.9. The molecule has 1 saturated heterocycles. The molecular formula is C23H25NO4. The van der Waals surface area contributed by atoms with Crippen LogP contribution in [0.2, 0.25) is 0 Å². The van der Waals surface area contributed by atoms with Gasteiger partial charge in [-0.1, -0.05) is 48.5 Å². The topological polar surface area (TPSA) is 59.0 Å². The standard InChI is InChI=1S/C23H25NO4/c25-14-21-23(10-5-11-23)28-13-12-24(21)22(26)27-15-20-18-8-3-1-6-16(18)17-7-2-4-9-19(17)20/h1-4,6-9,20-21,25H,5,10-15H2. The van der Waals surface area contributed by atoms with Crippen LogP contribution in [-0.2, 0) is 9.47 Å². The maximum atomic E-state index is 12.9. The van der Waals surface area contributed by atoms with Crippen LogP contribution >= 0.6 is 0 Å². The molecule has 5 rings (SSSR count). The molecule has 0 radical (unpaired) electrons. The number of fused-ring (bicyclic) bond motifs is 3. The highest BCUT2D eigenvalue weighted by Gasteiger charge is 2.51. The number of benzene rings is 2. The summed E-state index contributed by atoms with van der Waals surface area (Å²) in [5, 5.41) is 9.92. The third-order valence-electron chi connectivity index (χ3n) is 6.65. The van der Waals surface area contributed by atoms with E-state index in [-0.39, 0.29) is 30.3 Å². The minimum absolute atomic E-state index is 0.0441. The van der Waals surface area contributed by atoms with Gasteiger partial charge in [-0.05, 0) is 41.5 Å². The lowest BCUT2D eigenvalue weighted by atomic mass is 9.73. The van der Waals surface area contributed by atoms with Gasteiger partial charge < -0.3 is 14.6 Å². The number of hydrogen-bond acceptors (Lipinski definition) is 4. The van der Waals surface area contributed by atoms with Crippen LogP contribution in [0.15, 0.2) is 48.5 Å². The molecule has 0 aromatic heterocycles. The van der Waals surface area contributed by atoms with Gasteiger partial charge >= 0.3 is 6.09 Å². The van der Waals surface area contributed by atoms with Crippen molar-refractivity contribution in [2.24, 2.45) is 0 Å². The molecule has 2 aromatic carbocycles. The van der Waals surface area contributed by atoms with E-state index in [2.05, 4.69) is 24.3 Å². The smallest absolute Gasteiger partial charge is 0.410 e. The third kappa shape index (κ3) is 2.65. The SMILES string of the molecule is O=C(OCC1c2ccccc2-c2ccccc21)N1CCOC2(CCC2)C1CO. The van der Waals surface area contributed by atoms with Crippen LogP contribution in [-0.4, -0.2) is 54.1 Å². The highest BCUT2D eigenvalue weighted by molar-refractivity contribution is 5.79. The van der Waals surface area contributed by atoms with Gasteiger partial charge in [-0.3, -0.25) is 4.90 Å². The zero-order valence-corrected chi connectivity index (χ0v) is 15.8. The van der Waals surface area contributed by atoms with Crippen molar-refractivity contribution in [1.29, 1.82) is 0 Å². The molecule has 1 heterocycles. The number of morpholine rings is 1.